The maximum atomic E-state index is 11.5. The number of carbonyl (C=O) groups is 2. The van der Waals surface area contributed by atoms with Crippen molar-refractivity contribution in [3.63, 3.8) is 0 Å². The summed E-state index contributed by atoms with van der Waals surface area (Å²) in [6.07, 6.45) is -1.26. The Morgan fingerprint density at radius 3 is 2.10 bits per heavy atom. The Bertz CT molecular complexity index is 701. The second-order valence-corrected chi connectivity index (χ2v) is 4.25. The molecule has 0 spiro atoms. The summed E-state index contributed by atoms with van der Waals surface area (Å²) >= 11 is 0. The van der Waals surface area contributed by atoms with Gasteiger partial charge in [-0.3, -0.25) is 0 Å². The van der Waals surface area contributed by atoms with Gasteiger partial charge in [0.05, 0.1) is 28.3 Å². The Kier molecular flexibility index (Phi) is 3.66. The van der Waals surface area contributed by atoms with Gasteiger partial charge in [-0.05, 0) is 24.3 Å². The number of nitrogen functional groups attached to an aromatic ring is 2. The highest BCUT2D eigenvalue weighted by Crippen LogP contribution is 2.32. The molecule has 0 fully saturated rings. The Balaban J connectivity index is 2.62. The molecule has 108 valence electrons. The number of carboxylic acids is 1. The Morgan fingerprint density at radius 1 is 0.952 bits per heavy atom. The maximum absolute atomic E-state index is 11.5. The van der Waals surface area contributed by atoms with E-state index in [0.29, 0.717) is 5.69 Å². The van der Waals surface area contributed by atoms with Gasteiger partial charge in [0.2, 0.25) is 0 Å². The number of rotatable bonds is 3. The van der Waals surface area contributed by atoms with Crippen molar-refractivity contribution in [2.24, 2.45) is 0 Å². The van der Waals surface area contributed by atoms with E-state index in [1.54, 1.807) is 30.3 Å². The predicted octanol–water partition coefficient (Wildman–Crippen LogP) is 2.37. The van der Waals surface area contributed by atoms with Gasteiger partial charge in [-0.25, -0.2) is 14.5 Å². The molecule has 2 aromatic carbocycles. The van der Waals surface area contributed by atoms with E-state index < -0.39 is 12.1 Å². The van der Waals surface area contributed by atoms with Gasteiger partial charge in [-0.1, -0.05) is 18.2 Å². The number of anilines is 4. The monoisotopic (exact) mass is 287 g/mol. The van der Waals surface area contributed by atoms with E-state index in [4.69, 9.17) is 16.6 Å². The minimum atomic E-state index is -1.28. The lowest BCUT2D eigenvalue weighted by atomic mass is 10.1. The number of nitrogens with zero attached hydrogens (tertiary/aromatic N) is 1. The molecule has 0 aliphatic rings. The van der Waals surface area contributed by atoms with Crippen molar-refractivity contribution in [2.45, 2.75) is 0 Å². The van der Waals surface area contributed by atoms with E-state index in [9.17, 15) is 14.7 Å². The first-order valence-corrected chi connectivity index (χ1v) is 5.92. The maximum Gasteiger partial charge on any atom is 0.416 e. The number of hydrogen-bond donors (Lipinski definition) is 4. The average molecular weight is 287 g/mol. The molecule has 0 aliphatic carbocycles. The zero-order valence-corrected chi connectivity index (χ0v) is 10.9. The number of carboxylic acid groups (broad SMARTS) is 2. The van der Waals surface area contributed by atoms with E-state index in [0.717, 1.165) is 4.90 Å². The van der Waals surface area contributed by atoms with Crippen LogP contribution in [0.15, 0.2) is 42.5 Å². The highest BCUT2D eigenvalue weighted by Gasteiger charge is 2.21. The van der Waals surface area contributed by atoms with Crippen molar-refractivity contribution in [1.82, 2.24) is 0 Å². The molecule has 0 heterocycles. The fraction of sp³-hybridized carbons (Fsp3) is 0. The van der Waals surface area contributed by atoms with Crippen LogP contribution in [0.2, 0.25) is 0 Å². The molecule has 6 N–H and O–H groups in total. The van der Waals surface area contributed by atoms with Gasteiger partial charge in [0, 0.05) is 0 Å². The van der Waals surface area contributed by atoms with Crippen molar-refractivity contribution in [1.29, 1.82) is 0 Å². The molecule has 0 bridgehead atoms. The smallest absolute Gasteiger partial charge is 0.416 e. The summed E-state index contributed by atoms with van der Waals surface area (Å²) in [6, 6.07) is 10.7. The Morgan fingerprint density at radius 2 is 1.57 bits per heavy atom. The van der Waals surface area contributed by atoms with Crippen molar-refractivity contribution in [2.75, 3.05) is 16.4 Å². The van der Waals surface area contributed by atoms with Crippen LogP contribution in [0.5, 0.6) is 0 Å². The molecule has 7 nitrogen and oxygen atoms in total. The van der Waals surface area contributed by atoms with Gasteiger partial charge < -0.3 is 21.7 Å². The topological polar surface area (TPSA) is 130 Å². The third-order valence-electron chi connectivity index (χ3n) is 2.89. The first-order valence-electron chi connectivity index (χ1n) is 5.92. The van der Waals surface area contributed by atoms with Crippen LogP contribution in [0.25, 0.3) is 0 Å². The van der Waals surface area contributed by atoms with Crippen molar-refractivity contribution in [3.8, 4) is 0 Å². The number of benzene rings is 2. The molecule has 0 aromatic heterocycles. The molecule has 2 aromatic rings. The zero-order valence-electron chi connectivity index (χ0n) is 10.9. The van der Waals surface area contributed by atoms with Crippen LogP contribution < -0.4 is 16.4 Å². The molecule has 21 heavy (non-hydrogen) atoms. The Hall–Kier alpha value is -3.22. The molecule has 0 atom stereocenters. The largest absolute Gasteiger partial charge is 0.478 e. The average Bonchev–Trinajstić information content (AvgIpc) is 2.43. The predicted molar refractivity (Wildman–Crippen MR) is 78.8 cm³/mol. The lowest BCUT2D eigenvalue weighted by Gasteiger charge is -2.21. The van der Waals surface area contributed by atoms with Crippen molar-refractivity contribution < 1.29 is 19.8 Å². The van der Waals surface area contributed by atoms with Crippen LogP contribution in [-0.2, 0) is 0 Å². The lowest BCUT2D eigenvalue weighted by molar-refractivity contribution is 0.0698. The molecule has 0 saturated carbocycles. The van der Waals surface area contributed by atoms with Crippen LogP contribution in [0.1, 0.15) is 10.4 Å². The van der Waals surface area contributed by atoms with Crippen LogP contribution in [0.3, 0.4) is 0 Å². The van der Waals surface area contributed by atoms with Gasteiger partial charge in [-0.15, -0.1) is 0 Å². The van der Waals surface area contributed by atoms with Crippen molar-refractivity contribution >= 4 is 34.8 Å². The molecule has 0 unspecified atom stereocenters. The molecule has 2 rings (SSSR count). The highest BCUT2D eigenvalue weighted by atomic mass is 16.4. The number of hydrogen-bond acceptors (Lipinski definition) is 4. The molecule has 0 saturated heterocycles. The number of para-hydroxylation sites is 1. The summed E-state index contributed by atoms with van der Waals surface area (Å²) in [6.45, 7) is 0. The molecule has 0 radical (unpaired) electrons. The summed E-state index contributed by atoms with van der Waals surface area (Å²) in [5, 5.41) is 18.5. The van der Waals surface area contributed by atoms with Crippen LogP contribution in [0.4, 0.5) is 27.5 Å². The van der Waals surface area contributed by atoms with Crippen LogP contribution in [0, 0.1) is 0 Å². The number of aromatic carboxylic acids is 1. The summed E-state index contributed by atoms with van der Waals surface area (Å²) < 4.78 is 0. The van der Waals surface area contributed by atoms with E-state index in [2.05, 4.69) is 0 Å². The van der Waals surface area contributed by atoms with Crippen LogP contribution >= 0.6 is 0 Å². The fourth-order valence-corrected chi connectivity index (χ4v) is 1.91. The summed E-state index contributed by atoms with van der Waals surface area (Å²) in [7, 11) is 0. The zero-order chi connectivity index (χ0) is 15.6. The van der Waals surface area contributed by atoms with E-state index in [1.165, 1.54) is 12.1 Å². The third kappa shape index (κ3) is 2.71. The standard InChI is InChI=1S/C14H13N3O4/c15-11-7-9(6-10(12(11)16)13(18)19)17(14(20)21)8-4-2-1-3-5-8/h1-7H,15-16H2,(H,18,19)(H,20,21). The number of amides is 1. The second kappa shape index (κ2) is 5.41. The molecular weight excluding hydrogens is 274 g/mol. The molecular formula is C14H13N3O4. The normalized spacial score (nSPS) is 10.1. The van der Waals surface area contributed by atoms with Crippen LogP contribution in [-0.4, -0.2) is 22.3 Å². The molecule has 1 amide bonds. The lowest BCUT2D eigenvalue weighted by Crippen LogP contribution is -2.24. The highest BCUT2D eigenvalue weighted by molar-refractivity contribution is 6.02. The van der Waals surface area contributed by atoms with Gasteiger partial charge >= 0.3 is 12.1 Å². The minimum absolute atomic E-state index is 0.00656. The first kappa shape index (κ1) is 14.2. The minimum Gasteiger partial charge on any atom is -0.478 e. The second-order valence-electron chi connectivity index (χ2n) is 4.25. The third-order valence-corrected chi connectivity index (χ3v) is 2.89. The number of nitrogens with two attached hydrogens (primary N) is 2. The van der Waals surface area contributed by atoms with Gasteiger partial charge in [0.15, 0.2) is 0 Å². The Labute approximate surface area is 120 Å². The van der Waals surface area contributed by atoms with E-state index >= 15 is 0 Å². The van der Waals surface area contributed by atoms with Crippen molar-refractivity contribution in [3.05, 3.63) is 48.0 Å². The van der Waals surface area contributed by atoms with Gasteiger partial charge in [0.25, 0.3) is 0 Å². The summed E-state index contributed by atoms with van der Waals surface area (Å²) in [5.41, 5.74) is 11.4. The quantitative estimate of drug-likeness (QED) is 0.641. The SMILES string of the molecule is Nc1cc(N(C(=O)O)c2ccccc2)cc(C(=O)O)c1N. The molecule has 7 heteroatoms. The van der Waals surface area contributed by atoms with Gasteiger partial charge in [-0.2, -0.15) is 0 Å². The van der Waals surface area contributed by atoms with E-state index in [-0.39, 0.29) is 22.6 Å². The van der Waals surface area contributed by atoms with Gasteiger partial charge in [0.1, 0.15) is 0 Å². The fourth-order valence-electron chi connectivity index (χ4n) is 1.91. The molecule has 0 aliphatic heterocycles. The first-order chi connectivity index (χ1) is 9.91. The summed E-state index contributed by atoms with van der Waals surface area (Å²) in [5.74, 6) is -1.28. The summed E-state index contributed by atoms with van der Waals surface area (Å²) in [4.78, 5) is 23.6. The van der Waals surface area contributed by atoms with E-state index in [1.807, 2.05) is 0 Å².